The third-order valence-corrected chi connectivity index (χ3v) is 2.64. The summed E-state index contributed by atoms with van der Waals surface area (Å²) >= 11 is 11.7. The Morgan fingerprint density at radius 3 is 2.05 bits per heavy atom. The first-order valence-electron chi connectivity index (χ1n) is 5.75. The zero-order valence-corrected chi connectivity index (χ0v) is 12.8. The van der Waals surface area contributed by atoms with Gasteiger partial charge in [0.05, 0.1) is 13.0 Å². The smallest absolute Gasteiger partial charge is 0.404 e. The highest BCUT2D eigenvalue weighted by atomic mass is 35.5. The number of nitrogens with two attached hydrogens (primary N) is 3. The van der Waals surface area contributed by atoms with Gasteiger partial charge in [-0.2, -0.15) is 4.99 Å². The average Bonchev–Trinajstić information content (AvgIpc) is 2.33. The molecule has 0 aliphatic heterocycles. The van der Waals surface area contributed by atoms with Crippen molar-refractivity contribution in [1.82, 2.24) is 0 Å². The van der Waals surface area contributed by atoms with Crippen molar-refractivity contribution in [2.24, 2.45) is 22.2 Å². The molecule has 1 aromatic rings. The second-order valence-corrected chi connectivity index (χ2v) is 4.37. The van der Waals surface area contributed by atoms with E-state index in [1.54, 1.807) is 25.1 Å². The molecule has 6 N–H and O–H groups in total. The predicted molar refractivity (Wildman–Crippen MR) is 82.2 cm³/mol. The number of carbonyl (C=O) groups is 2. The van der Waals surface area contributed by atoms with Crippen LogP contribution in [0.5, 0.6) is 0 Å². The number of ether oxygens (including phenoxy) is 1. The Bertz CT molecular complexity index is 511. The van der Waals surface area contributed by atoms with Crippen LogP contribution in [0.25, 0.3) is 0 Å². The van der Waals surface area contributed by atoms with E-state index in [9.17, 15) is 9.59 Å². The molecule has 1 rings (SSSR count). The third-order valence-electron chi connectivity index (χ3n) is 1.93. The van der Waals surface area contributed by atoms with Gasteiger partial charge in [0.2, 0.25) is 0 Å². The minimum absolute atomic E-state index is 0.0175. The normalized spacial score (nSPS) is 9.10. The first-order valence-corrected chi connectivity index (χ1v) is 6.51. The summed E-state index contributed by atoms with van der Waals surface area (Å²) in [6, 6.07) is 4.98. The molecular formula is C12H16Cl2N4O3. The fraction of sp³-hybridized carbons (Fsp3) is 0.250. The minimum atomic E-state index is -0.711. The summed E-state index contributed by atoms with van der Waals surface area (Å²) in [6.45, 7) is 2.06. The van der Waals surface area contributed by atoms with Crippen molar-refractivity contribution in [1.29, 1.82) is 0 Å². The number of rotatable bonds is 3. The molecule has 21 heavy (non-hydrogen) atoms. The van der Waals surface area contributed by atoms with Crippen molar-refractivity contribution in [3.8, 4) is 0 Å². The first kappa shape index (κ1) is 19.0. The van der Waals surface area contributed by atoms with Crippen LogP contribution >= 0.6 is 23.2 Å². The molecule has 0 atom stereocenters. The number of hydrogen-bond donors (Lipinski definition) is 3. The molecule has 0 bridgehead atoms. The van der Waals surface area contributed by atoms with Gasteiger partial charge in [-0.05, 0) is 24.6 Å². The summed E-state index contributed by atoms with van der Waals surface area (Å²) in [6.07, 6.45) is -0.728. The molecule has 0 heterocycles. The van der Waals surface area contributed by atoms with E-state index in [0.717, 1.165) is 0 Å². The maximum atomic E-state index is 11.3. The lowest BCUT2D eigenvalue weighted by molar-refractivity contribution is -0.117. The minimum Gasteiger partial charge on any atom is -0.450 e. The number of nitrogens with zero attached hydrogens (tertiary/aromatic N) is 1. The Labute approximate surface area is 132 Å². The van der Waals surface area contributed by atoms with Crippen molar-refractivity contribution < 1.29 is 14.3 Å². The summed E-state index contributed by atoms with van der Waals surface area (Å²) in [4.78, 5) is 24.2. The summed E-state index contributed by atoms with van der Waals surface area (Å²) in [5.74, 6) is -0.756. The molecule has 0 saturated heterocycles. The average molecular weight is 335 g/mol. The molecule has 0 aromatic heterocycles. The Hall–Kier alpha value is -1.99. The van der Waals surface area contributed by atoms with Crippen LogP contribution in [0.3, 0.4) is 0 Å². The number of aliphatic imine (C=N–C) groups is 1. The van der Waals surface area contributed by atoms with Crippen molar-refractivity contribution in [2.45, 2.75) is 13.3 Å². The maximum absolute atomic E-state index is 11.3. The SMILES string of the molecule is CCOC(N)=O.NC(N)=NC(=O)Cc1c(Cl)cccc1Cl. The molecule has 1 aromatic carbocycles. The second kappa shape index (κ2) is 9.84. The lowest BCUT2D eigenvalue weighted by atomic mass is 10.1. The Balaban J connectivity index is 0.000000567. The second-order valence-electron chi connectivity index (χ2n) is 3.56. The van der Waals surface area contributed by atoms with E-state index >= 15 is 0 Å². The monoisotopic (exact) mass is 334 g/mol. The van der Waals surface area contributed by atoms with Gasteiger partial charge < -0.3 is 21.9 Å². The fourth-order valence-corrected chi connectivity index (χ4v) is 1.71. The van der Waals surface area contributed by atoms with E-state index in [1.165, 1.54) is 0 Å². The molecule has 9 heteroatoms. The molecule has 116 valence electrons. The molecule has 0 radical (unpaired) electrons. The molecule has 0 unspecified atom stereocenters. The van der Waals surface area contributed by atoms with Gasteiger partial charge in [-0.15, -0.1) is 0 Å². The van der Waals surface area contributed by atoms with Crippen LogP contribution in [0.1, 0.15) is 12.5 Å². The van der Waals surface area contributed by atoms with Gasteiger partial charge in [0.25, 0.3) is 5.91 Å². The topological polar surface area (TPSA) is 134 Å². The van der Waals surface area contributed by atoms with E-state index in [4.69, 9.17) is 34.7 Å². The fourth-order valence-electron chi connectivity index (χ4n) is 1.18. The number of primary amides is 1. The van der Waals surface area contributed by atoms with Gasteiger partial charge in [-0.3, -0.25) is 4.79 Å². The van der Waals surface area contributed by atoms with Crippen molar-refractivity contribution in [2.75, 3.05) is 6.61 Å². The van der Waals surface area contributed by atoms with Gasteiger partial charge in [-0.25, -0.2) is 4.79 Å². The maximum Gasteiger partial charge on any atom is 0.404 e. The van der Waals surface area contributed by atoms with Crippen molar-refractivity contribution >= 4 is 41.2 Å². The summed E-state index contributed by atoms with van der Waals surface area (Å²) < 4.78 is 4.18. The number of hydrogen-bond acceptors (Lipinski definition) is 3. The molecular weight excluding hydrogens is 319 g/mol. The van der Waals surface area contributed by atoms with E-state index in [0.29, 0.717) is 22.2 Å². The summed E-state index contributed by atoms with van der Waals surface area (Å²) in [7, 11) is 0. The van der Waals surface area contributed by atoms with Crippen molar-refractivity contribution in [3.05, 3.63) is 33.8 Å². The van der Waals surface area contributed by atoms with Crippen LogP contribution in [0, 0.1) is 0 Å². The van der Waals surface area contributed by atoms with Gasteiger partial charge in [0.15, 0.2) is 5.96 Å². The van der Waals surface area contributed by atoms with Gasteiger partial charge >= 0.3 is 6.09 Å². The van der Waals surface area contributed by atoms with Gasteiger partial charge in [-0.1, -0.05) is 29.3 Å². The Morgan fingerprint density at radius 1 is 1.19 bits per heavy atom. The largest absolute Gasteiger partial charge is 0.450 e. The standard InChI is InChI=1S/C9H9Cl2N3O.C3H7NO2/c10-6-2-1-3-7(11)5(6)4-8(15)14-9(12)13;1-2-6-3(4)5/h1-3H,4H2,(H4,12,13,14,15);2H2,1H3,(H2,4,5). The molecule has 0 fully saturated rings. The molecule has 2 amide bonds. The Kier molecular flexibility index (Phi) is 8.91. The highest BCUT2D eigenvalue weighted by Gasteiger charge is 2.09. The van der Waals surface area contributed by atoms with Crippen LogP contribution in [0.15, 0.2) is 23.2 Å². The van der Waals surface area contributed by atoms with E-state index < -0.39 is 12.0 Å². The third kappa shape index (κ3) is 8.72. The van der Waals surface area contributed by atoms with Crippen LogP contribution in [0.4, 0.5) is 4.79 Å². The van der Waals surface area contributed by atoms with E-state index in [1.807, 2.05) is 0 Å². The number of halogens is 2. The van der Waals surface area contributed by atoms with Gasteiger partial charge in [0.1, 0.15) is 0 Å². The lowest BCUT2D eigenvalue weighted by Crippen LogP contribution is -2.24. The summed E-state index contributed by atoms with van der Waals surface area (Å²) in [5, 5.41) is 0.836. The zero-order valence-electron chi connectivity index (χ0n) is 11.3. The van der Waals surface area contributed by atoms with E-state index in [2.05, 4.69) is 15.5 Å². The van der Waals surface area contributed by atoms with Crippen LogP contribution in [0.2, 0.25) is 10.0 Å². The summed E-state index contributed by atoms with van der Waals surface area (Å²) in [5.41, 5.74) is 15.2. The predicted octanol–water partition coefficient (Wildman–Crippen LogP) is 1.44. The molecule has 0 saturated carbocycles. The zero-order chi connectivity index (χ0) is 16.4. The number of amides is 2. The van der Waals surface area contributed by atoms with E-state index in [-0.39, 0.29) is 12.4 Å². The van der Waals surface area contributed by atoms with Crippen molar-refractivity contribution in [3.63, 3.8) is 0 Å². The molecule has 0 aliphatic rings. The Morgan fingerprint density at radius 2 is 1.71 bits per heavy atom. The first-order chi connectivity index (χ1) is 9.77. The number of benzene rings is 1. The van der Waals surface area contributed by atoms with Gasteiger partial charge in [0, 0.05) is 10.0 Å². The number of carbonyl (C=O) groups excluding carboxylic acids is 2. The quantitative estimate of drug-likeness (QED) is 0.567. The molecule has 7 nitrogen and oxygen atoms in total. The number of guanidine groups is 1. The lowest BCUT2D eigenvalue weighted by Gasteiger charge is -2.03. The highest BCUT2D eigenvalue weighted by molar-refractivity contribution is 6.36. The highest BCUT2D eigenvalue weighted by Crippen LogP contribution is 2.24. The molecule has 0 aliphatic carbocycles. The van der Waals surface area contributed by atoms with Crippen LogP contribution in [-0.2, 0) is 16.0 Å². The van der Waals surface area contributed by atoms with Crippen LogP contribution in [-0.4, -0.2) is 24.6 Å². The molecule has 0 spiro atoms. The van der Waals surface area contributed by atoms with Crippen LogP contribution < -0.4 is 17.2 Å².